The van der Waals surface area contributed by atoms with Gasteiger partial charge in [0.25, 0.3) is 0 Å². The number of hydrogen-bond acceptors (Lipinski definition) is 5. The molecule has 0 bridgehead atoms. The van der Waals surface area contributed by atoms with Crippen LogP contribution < -0.4 is 5.32 Å². The average Bonchev–Trinajstić information content (AvgIpc) is 2.43. The maximum atomic E-state index is 11.5. The van der Waals surface area contributed by atoms with Gasteiger partial charge in [-0.2, -0.15) is 0 Å². The predicted molar refractivity (Wildman–Crippen MR) is 123 cm³/mol. The first-order valence-corrected chi connectivity index (χ1v) is 10.1. The van der Waals surface area contributed by atoms with E-state index < -0.39 is 10.8 Å². The zero-order valence-electron chi connectivity index (χ0n) is 20.5. The summed E-state index contributed by atoms with van der Waals surface area (Å²) in [6.45, 7) is 24.6. The molecule has 0 rings (SSSR count). The van der Waals surface area contributed by atoms with Gasteiger partial charge in [0, 0.05) is 28.3 Å². The van der Waals surface area contributed by atoms with Crippen LogP contribution in [0, 0.1) is 16.2 Å². The molecule has 0 unspecified atom stereocenters. The average molecular weight is 416 g/mol. The lowest BCUT2D eigenvalue weighted by Crippen LogP contribution is -2.38. The van der Waals surface area contributed by atoms with E-state index in [1.165, 1.54) is 0 Å². The van der Waals surface area contributed by atoms with Gasteiger partial charge < -0.3 is 10.1 Å². The monoisotopic (exact) mass is 415 g/mol. The van der Waals surface area contributed by atoms with Gasteiger partial charge in [-0.25, -0.2) is 0 Å². The van der Waals surface area contributed by atoms with Crippen molar-refractivity contribution < 1.29 is 19.1 Å². The van der Waals surface area contributed by atoms with Crippen molar-refractivity contribution in [3.63, 3.8) is 0 Å². The van der Waals surface area contributed by atoms with Crippen molar-refractivity contribution in [2.24, 2.45) is 16.2 Å². The second-order valence-corrected chi connectivity index (χ2v) is 11.4. The largest absolute Gasteiger partial charge is 0.372 e. The molecule has 0 aliphatic heterocycles. The van der Waals surface area contributed by atoms with Crippen molar-refractivity contribution in [2.45, 2.75) is 102 Å². The third kappa shape index (κ3) is 18.7. The van der Waals surface area contributed by atoms with Crippen molar-refractivity contribution >= 4 is 17.3 Å². The fourth-order valence-corrected chi connectivity index (χ4v) is 1.56. The van der Waals surface area contributed by atoms with Crippen molar-refractivity contribution in [3.8, 4) is 0 Å². The van der Waals surface area contributed by atoms with Crippen LogP contribution in [0.4, 0.5) is 0 Å². The first-order chi connectivity index (χ1) is 12.2. The summed E-state index contributed by atoms with van der Waals surface area (Å²) >= 11 is 0. The molecular formula is C24H49NO4. The normalized spacial score (nSPS) is 12.4. The fraction of sp³-hybridized carbons (Fsp3) is 0.875. The van der Waals surface area contributed by atoms with Gasteiger partial charge in [-0.05, 0) is 20.8 Å². The highest BCUT2D eigenvalue weighted by molar-refractivity contribution is 6.03. The molecule has 0 saturated carbocycles. The van der Waals surface area contributed by atoms with Gasteiger partial charge in [0.05, 0.1) is 13.0 Å². The van der Waals surface area contributed by atoms with E-state index in [-0.39, 0.29) is 48.8 Å². The molecule has 0 spiro atoms. The van der Waals surface area contributed by atoms with Crippen molar-refractivity contribution in [1.29, 1.82) is 0 Å². The Morgan fingerprint density at radius 1 is 0.655 bits per heavy atom. The number of ketones is 3. The minimum absolute atomic E-state index is 0. The fourth-order valence-electron chi connectivity index (χ4n) is 1.56. The Kier molecular flexibility index (Phi) is 14.1. The van der Waals surface area contributed by atoms with Gasteiger partial charge in [-0.1, -0.05) is 69.7 Å². The molecule has 0 aromatic carbocycles. The van der Waals surface area contributed by atoms with Gasteiger partial charge in [0.2, 0.25) is 0 Å². The summed E-state index contributed by atoms with van der Waals surface area (Å²) in [6.07, 6.45) is 0.0625. The molecule has 29 heavy (non-hydrogen) atoms. The Bertz CT molecular complexity index is 485. The van der Waals surface area contributed by atoms with E-state index in [9.17, 15) is 14.4 Å². The molecule has 0 atom stereocenters. The number of ether oxygens (including phenoxy) is 1. The summed E-state index contributed by atoms with van der Waals surface area (Å²) in [4.78, 5) is 34.5. The van der Waals surface area contributed by atoms with Crippen molar-refractivity contribution in [2.75, 3.05) is 19.8 Å². The lowest BCUT2D eigenvalue weighted by molar-refractivity contribution is -0.135. The maximum Gasteiger partial charge on any atom is 0.163 e. The second-order valence-electron chi connectivity index (χ2n) is 11.4. The van der Waals surface area contributed by atoms with E-state index in [4.69, 9.17) is 4.74 Å². The molecular weight excluding hydrogens is 366 g/mol. The van der Waals surface area contributed by atoms with E-state index >= 15 is 0 Å². The maximum absolute atomic E-state index is 11.5. The van der Waals surface area contributed by atoms with Crippen LogP contribution >= 0.6 is 0 Å². The van der Waals surface area contributed by atoms with Gasteiger partial charge in [-0.3, -0.25) is 14.4 Å². The van der Waals surface area contributed by atoms with Crippen LogP contribution in [0.25, 0.3) is 0 Å². The van der Waals surface area contributed by atoms with E-state index in [0.29, 0.717) is 6.61 Å². The lowest BCUT2D eigenvalue weighted by Gasteiger charge is -2.21. The zero-order valence-corrected chi connectivity index (χ0v) is 20.5. The smallest absolute Gasteiger partial charge is 0.163 e. The lowest BCUT2D eigenvalue weighted by atomic mass is 9.82. The summed E-state index contributed by atoms with van der Waals surface area (Å²) < 4.78 is 5.31. The van der Waals surface area contributed by atoms with Crippen LogP contribution in [-0.2, 0) is 19.1 Å². The molecule has 0 saturated heterocycles. The molecule has 5 nitrogen and oxygen atoms in total. The molecule has 0 aromatic rings. The highest BCUT2D eigenvalue weighted by Gasteiger charge is 2.29. The van der Waals surface area contributed by atoms with Crippen LogP contribution in [-0.4, -0.2) is 42.6 Å². The summed E-state index contributed by atoms with van der Waals surface area (Å²) in [5.41, 5.74) is -0.989. The molecule has 1 N–H and O–H groups in total. The minimum atomic E-state index is -0.402. The molecule has 0 aliphatic rings. The summed E-state index contributed by atoms with van der Waals surface area (Å²) in [5, 5.41) is 3.30. The highest BCUT2D eigenvalue weighted by atomic mass is 16.5. The van der Waals surface area contributed by atoms with E-state index in [0.717, 1.165) is 6.54 Å². The number of nitrogens with one attached hydrogen (secondary N) is 1. The molecule has 0 aromatic heterocycles. The Balaban J connectivity index is -0.000000455. The molecule has 0 amide bonds. The van der Waals surface area contributed by atoms with Gasteiger partial charge in [0.15, 0.2) is 5.78 Å². The summed E-state index contributed by atoms with van der Waals surface area (Å²) in [5.74, 6) is 0.193. The van der Waals surface area contributed by atoms with Gasteiger partial charge >= 0.3 is 0 Å². The van der Waals surface area contributed by atoms with E-state index in [1.807, 2.05) is 62.3 Å². The van der Waals surface area contributed by atoms with Crippen LogP contribution in [0.3, 0.4) is 0 Å². The first-order valence-electron chi connectivity index (χ1n) is 10.1. The number of rotatable bonds is 7. The first kappa shape index (κ1) is 32.6. The standard InChI is InChI=1S/C12H25NO2.C11H20O2.CH4/c1-11(2,3)10(14)9-15-8-7-13-12(4,5)6;1-10(2,3)8(12)7-9(13)11(4,5)6;/h13H,7-9H2,1-6H3;7H2,1-6H3;1H4. The summed E-state index contributed by atoms with van der Waals surface area (Å²) in [6, 6.07) is 0. The Hall–Kier alpha value is -1.07. The zero-order chi connectivity index (χ0) is 23.0. The Morgan fingerprint density at radius 3 is 1.28 bits per heavy atom. The predicted octanol–water partition coefficient (Wildman–Crippen LogP) is 5.25. The Morgan fingerprint density at radius 2 is 1.00 bits per heavy atom. The van der Waals surface area contributed by atoms with Crippen LogP contribution in [0.2, 0.25) is 0 Å². The van der Waals surface area contributed by atoms with Crippen LogP contribution in [0.5, 0.6) is 0 Å². The van der Waals surface area contributed by atoms with Gasteiger partial charge in [0.1, 0.15) is 18.2 Å². The van der Waals surface area contributed by atoms with Gasteiger partial charge in [-0.15, -0.1) is 0 Å². The third-order valence-corrected chi connectivity index (χ3v) is 3.97. The number of hydrogen-bond donors (Lipinski definition) is 1. The molecule has 0 heterocycles. The van der Waals surface area contributed by atoms with Crippen molar-refractivity contribution in [3.05, 3.63) is 0 Å². The van der Waals surface area contributed by atoms with Crippen molar-refractivity contribution in [1.82, 2.24) is 5.32 Å². The second kappa shape index (κ2) is 12.6. The Labute approximate surface area is 180 Å². The highest BCUT2D eigenvalue weighted by Crippen LogP contribution is 2.22. The third-order valence-electron chi connectivity index (χ3n) is 3.97. The summed E-state index contributed by atoms with van der Waals surface area (Å²) in [7, 11) is 0. The quantitative estimate of drug-likeness (QED) is 0.454. The van der Waals surface area contributed by atoms with Crippen LogP contribution in [0.15, 0.2) is 0 Å². The molecule has 0 aliphatic carbocycles. The van der Waals surface area contributed by atoms with E-state index in [1.54, 1.807) is 0 Å². The topological polar surface area (TPSA) is 72.5 Å². The molecule has 5 heteroatoms. The molecule has 0 radical (unpaired) electrons. The minimum Gasteiger partial charge on any atom is -0.372 e. The van der Waals surface area contributed by atoms with E-state index in [2.05, 4.69) is 26.1 Å². The number of Topliss-reactive ketones (excluding diaryl/α,β-unsaturated/α-hetero) is 3. The number of carbonyl (C=O) groups is 3. The molecule has 0 fully saturated rings. The molecule has 174 valence electrons. The number of carbonyl (C=O) groups excluding carboxylic acids is 3. The SMILES string of the molecule is C.CC(C)(C)C(=O)CC(=O)C(C)(C)C.CC(C)(C)NCCOCC(=O)C(C)(C)C. The van der Waals surface area contributed by atoms with Crippen LogP contribution in [0.1, 0.15) is 96.9 Å².